The van der Waals surface area contributed by atoms with Crippen molar-refractivity contribution in [1.29, 1.82) is 0 Å². The lowest BCUT2D eigenvalue weighted by Gasteiger charge is -2.58. The number of aldehydes is 1. The minimum absolute atomic E-state index is 0.0224. The third-order valence-electron chi connectivity index (χ3n) is 10.8. The normalized spacial score (nSPS) is 53.4. The highest BCUT2D eigenvalue weighted by atomic mass is 16.7. The largest absolute Gasteiger partial charge is 0.481 e. The SMILES string of the molecule is CO[C@@H]1[C@@H](O)[C@H](O)[C@@H](OC[C@]23C[C@@H]4[C@H](C)[C@@H](O)C[C@H]4[C@]4(C=O)C[C@H]2C=C(C(C)C)[C@]34C(=O)O)O[C@H]1C. The summed E-state index contributed by atoms with van der Waals surface area (Å²) in [5.74, 6) is -1.63. The number of carboxylic acid groups (broad SMARTS) is 1. The van der Waals surface area contributed by atoms with E-state index in [1.165, 1.54) is 7.11 Å². The van der Waals surface area contributed by atoms with Crippen LogP contribution < -0.4 is 0 Å². The number of rotatable bonds is 7. The molecule has 4 aliphatic carbocycles. The number of allylic oxidation sites excluding steroid dienone is 1. The molecule has 9 nitrogen and oxygen atoms in total. The average Bonchev–Trinajstić information content (AvgIpc) is 3.35. The molecule has 4 fully saturated rings. The Labute approximate surface area is 211 Å². The summed E-state index contributed by atoms with van der Waals surface area (Å²) in [5, 5.41) is 43.1. The first-order valence-corrected chi connectivity index (χ1v) is 13.2. The summed E-state index contributed by atoms with van der Waals surface area (Å²) in [6.45, 7) is 7.58. The quantitative estimate of drug-likeness (QED) is 0.296. The first-order chi connectivity index (χ1) is 16.9. The zero-order valence-electron chi connectivity index (χ0n) is 21.7. The summed E-state index contributed by atoms with van der Waals surface area (Å²) in [6.07, 6.45) is -1.37. The van der Waals surface area contributed by atoms with Crippen molar-refractivity contribution in [2.24, 2.45) is 45.8 Å². The molecule has 1 saturated heterocycles. The number of aliphatic hydroxyl groups is 3. The molecule has 0 amide bonds. The Morgan fingerprint density at radius 1 is 1.22 bits per heavy atom. The van der Waals surface area contributed by atoms with E-state index in [0.29, 0.717) is 19.3 Å². The van der Waals surface area contributed by atoms with Gasteiger partial charge < -0.3 is 39.4 Å². The molecular formula is C27H40O9. The summed E-state index contributed by atoms with van der Waals surface area (Å²) in [5.41, 5.74) is -2.79. The van der Waals surface area contributed by atoms with Crippen LogP contribution in [-0.2, 0) is 23.8 Å². The number of carbonyl (C=O) groups is 2. The minimum Gasteiger partial charge on any atom is -0.481 e. The number of aliphatic hydroxyl groups excluding tert-OH is 3. The van der Waals surface area contributed by atoms with Gasteiger partial charge in [0.25, 0.3) is 0 Å². The Balaban J connectivity index is 1.58. The lowest BCUT2D eigenvalue weighted by Crippen LogP contribution is -2.64. The smallest absolute Gasteiger partial charge is 0.315 e. The molecular weight excluding hydrogens is 468 g/mol. The number of hydrogen-bond acceptors (Lipinski definition) is 8. The summed E-state index contributed by atoms with van der Waals surface area (Å²) in [4.78, 5) is 26.6. The standard InChI is InChI=1S/C27H40O9/c1-12(2)17-6-15-8-25(10-28)18-7-19(29)13(3)16(18)9-26(15,27(17,25)24(32)33)11-35-23-21(31)20(30)22(34-5)14(4)36-23/h6,10,12-16,18-23,29-31H,7-9,11H2,1-5H3,(H,32,33)/t13-,14-,15+,16+,18+,19-,20-,21-,22-,23-,25+,26+,27+/m0/s1. The monoisotopic (exact) mass is 508 g/mol. The first kappa shape index (κ1) is 26.3. The summed E-state index contributed by atoms with van der Waals surface area (Å²) >= 11 is 0. The Kier molecular flexibility index (Phi) is 6.26. The summed E-state index contributed by atoms with van der Waals surface area (Å²) in [6, 6.07) is 0. The van der Waals surface area contributed by atoms with Gasteiger partial charge in [-0.15, -0.1) is 0 Å². The van der Waals surface area contributed by atoms with E-state index in [0.717, 1.165) is 11.9 Å². The van der Waals surface area contributed by atoms with E-state index in [4.69, 9.17) is 14.2 Å². The van der Waals surface area contributed by atoms with Crippen LogP contribution in [0.15, 0.2) is 11.6 Å². The molecule has 3 saturated carbocycles. The van der Waals surface area contributed by atoms with Gasteiger partial charge >= 0.3 is 5.97 Å². The fourth-order valence-corrected chi connectivity index (χ4v) is 9.31. The second-order valence-corrected chi connectivity index (χ2v) is 12.3. The van der Waals surface area contributed by atoms with Crippen LogP contribution in [0.4, 0.5) is 0 Å². The van der Waals surface area contributed by atoms with Crippen LogP contribution in [0.25, 0.3) is 0 Å². The predicted molar refractivity (Wildman–Crippen MR) is 127 cm³/mol. The molecule has 0 radical (unpaired) electrons. The van der Waals surface area contributed by atoms with Gasteiger partial charge in [-0.25, -0.2) is 0 Å². The summed E-state index contributed by atoms with van der Waals surface area (Å²) < 4.78 is 17.3. The van der Waals surface area contributed by atoms with Crippen LogP contribution in [0.3, 0.4) is 0 Å². The molecule has 0 spiro atoms. The Bertz CT molecular complexity index is 950. The zero-order valence-corrected chi connectivity index (χ0v) is 21.7. The van der Waals surface area contributed by atoms with Crippen LogP contribution in [-0.4, -0.2) is 83.2 Å². The van der Waals surface area contributed by atoms with Gasteiger partial charge in [-0.2, -0.15) is 0 Å². The molecule has 13 atom stereocenters. The number of fused-ring (bicyclic) bond motifs is 2. The number of carboxylic acids is 1. The molecule has 4 N–H and O–H groups in total. The molecule has 5 rings (SSSR count). The van der Waals surface area contributed by atoms with Crippen molar-refractivity contribution < 1.29 is 44.2 Å². The van der Waals surface area contributed by atoms with Gasteiger partial charge in [0.2, 0.25) is 0 Å². The Morgan fingerprint density at radius 2 is 1.92 bits per heavy atom. The number of hydrogen-bond donors (Lipinski definition) is 4. The number of methoxy groups -OCH3 is 1. The van der Waals surface area contributed by atoms with Crippen molar-refractivity contribution in [1.82, 2.24) is 0 Å². The molecule has 4 bridgehead atoms. The third kappa shape index (κ3) is 2.93. The van der Waals surface area contributed by atoms with Crippen molar-refractivity contribution in [2.75, 3.05) is 13.7 Å². The van der Waals surface area contributed by atoms with Crippen molar-refractivity contribution in [3.63, 3.8) is 0 Å². The van der Waals surface area contributed by atoms with Crippen LogP contribution in [0, 0.1) is 45.8 Å². The van der Waals surface area contributed by atoms with E-state index in [2.05, 4.69) is 6.08 Å². The lowest BCUT2D eigenvalue weighted by atomic mass is 9.43. The molecule has 9 heteroatoms. The van der Waals surface area contributed by atoms with Crippen LogP contribution in [0.1, 0.15) is 47.0 Å². The number of carbonyl (C=O) groups excluding carboxylic acids is 1. The molecule has 202 valence electrons. The van der Waals surface area contributed by atoms with E-state index >= 15 is 0 Å². The predicted octanol–water partition coefficient (Wildman–Crippen LogP) is 1.38. The maximum Gasteiger partial charge on any atom is 0.315 e. The highest BCUT2D eigenvalue weighted by Crippen LogP contribution is 2.82. The molecule has 0 unspecified atom stereocenters. The molecule has 1 heterocycles. The van der Waals surface area contributed by atoms with Crippen molar-refractivity contribution in [2.45, 2.75) is 83.8 Å². The lowest BCUT2D eigenvalue weighted by molar-refractivity contribution is -0.307. The average molecular weight is 509 g/mol. The fraction of sp³-hybridized carbons (Fsp3) is 0.852. The van der Waals surface area contributed by atoms with Gasteiger partial charge in [-0.3, -0.25) is 4.79 Å². The van der Waals surface area contributed by atoms with Gasteiger partial charge in [-0.1, -0.05) is 32.4 Å². The maximum absolute atomic E-state index is 13.5. The van der Waals surface area contributed by atoms with E-state index in [1.54, 1.807) is 6.92 Å². The third-order valence-corrected chi connectivity index (χ3v) is 10.8. The second-order valence-electron chi connectivity index (χ2n) is 12.3. The number of aliphatic carboxylic acids is 1. The van der Waals surface area contributed by atoms with E-state index in [9.17, 15) is 30.0 Å². The van der Waals surface area contributed by atoms with Crippen LogP contribution in [0.5, 0.6) is 0 Å². The van der Waals surface area contributed by atoms with Gasteiger partial charge in [-0.05, 0) is 55.8 Å². The van der Waals surface area contributed by atoms with Gasteiger partial charge in [0, 0.05) is 12.5 Å². The van der Waals surface area contributed by atoms with Gasteiger partial charge in [0.15, 0.2) is 6.29 Å². The number of ether oxygens (including phenoxy) is 3. The summed E-state index contributed by atoms with van der Waals surface area (Å²) in [7, 11) is 1.43. The molecule has 0 aromatic carbocycles. The molecule has 36 heavy (non-hydrogen) atoms. The van der Waals surface area contributed by atoms with Crippen LogP contribution >= 0.6 is 0 Å². The Morgan fingerprint density at radius 3 is 2.50 bits per heavy atom. The zero-order chi connectivity index (χ0) is 26.4. The second kappa shape index (κ2) is 8.58. The highest BCUT2D eigenvalue weighted by molar-refractivity contribution is 5.90. The van der Waals surface area contributed by atoms with E-state index < -0.39 is 59.0 Å². The molecule has 0 aromatic heterocycles. The minimum atomic E-state index is -1.47. The topological polar surface area (TPSA) is 143 Å². The van der Waals surface area contributed by atoms with Crippen LogP contribution in [0.2, 0.25) is 0 Å². The van der Waals surface area contributed by atoms with Gasteiger partial charge in [0.1, 0.15) is 30.0 Å². The highest BCUT2D eigenvalue weighted by Gasteiger charge is 2.84. The van der Waals surface area contributed by atoms with Crippen molar-refractivity contribution in [3.8, 4) is 0 Å². The van der Waals surface area contributed by atoms with E-state index in [1.807, 2.05) is 20.8 Å². The maximum atomic E-state index is 13.5. The van der Waals surface area contributed by atoms with Crippen molar-refractivity contribution in [3.05, 3.63) is 11.6 Å². The fourth-order valence-electron chi connectivity index (χ4n) is 9.31. The Hall–Kier alpha value is -1.36. The first-order valence-electron chi connectivity index (χ1n) is 13.2. The van der Waals surface area contributed by atoms with E-state index in [-0.39, 0.29) is 36.2 Å². The molecule has 0 aromatic rings. The van der Waals surface area contributed by atoms with Gasteiger partial charge in [0.05, 0.1) is 24.2 Å². The molecule has 1 aliphatic heterocycles. The van der Waals surface area contributed by atoms with Crippen molar-refractivity contribution >= 4 is 12.3 Å². The molecule has 5 aliphatic rings.